The lowest BCUT2D eigenvalue weighted by Gasteiger charge is -2.32. The Kier molecular flexibility index (Phi) is 5.53. The van der Waals surface area contributed by atoms with Gasteiger partial charge < -0.3 is 4.79 Å². The van der Waals surface area contributed by atoms with Gasteiger partial charge in [0.2, 0.25) is 0 Å². The number of allylic oxidation sites excluding steroid dienone is 2. The lowest BCUT2D eigenvalue weighted by Crippen LogP contribution is -2.26. The maximum atomic E-state index is 11.0. The van der Waals surface area contributed by atoms with E-state index in [9.17, 15) is 4.79 Å². The Morgan fingerprint density at radius 3 is 2.47 bits per heavy atom. The number of hydrogen-bond acceptors (Lipinski definition) is 1. The number of benzene rings is 1. The molecule has 0 aliphatic carbocycles. The summed E-state index contributed by atoms with van der Waals surface area (Å²) < 4.78 is 0. The summed E-state index contributed by atoms with van der Waals surface area (Å²) >= 11 is 0. The van der Waals surface area contributed by atoms with Gasteiger partial charge >= 0.3 is 0 Å². The molecular formula is C18H26O. The van der Waals surface area contributed by atoms with Crippen molar-refractivity contribution in [1.29, 1.82) is 0 Å². The fourth-order valence-corrected chi connectivity index (χ4v) is 2.74. The van der Waals surface area contributed by atoms with Crippen LogP contribution in [0.1, 0.15) is 51.7 Å². The predicted octanol–water partition coefficient (Wildman–Crippen LogP) is 4.83. The van der Waals surface area contributed by atoms with Gasteiger partial charge in [-0.15, -0.1) is 0 Å². The molecule has 0 aliphatic rings. The summed E-state index contributed by atoms with van der Waals surface area (Å²) in [5, 5.41) is 0. The molecular weight excluding hydrogens is 232 g/mol. The lowest BCUT2D eigenvalue weighted by molar-refractivity contribution is -0.111. The van der Waals surface area contributed by atoms with Crippen molar-refractivity contribution < 1.29 is 4.79 Å². The normalized spacial score (nSPS) is 15.4. The average Bonchev–Trinajstić information content (AvgIpc) is 2.36. The van der Waals surface area contributed by atoms with Crippen LogP contribution in [0.4, 0.5) is 0 Å². The van der Waals surface area contributed by atoms with Gasteiger partial charge in [-0.05, 0) is 50.2 Å². The van der Waals surface area contributed by atoms with E-state index in [1.165, 1.54) is 16.7 Å². The highest BCUT2D eigenvalue weighted by molar-refractivity contribution is 5.53. The van der Waals surface area contributed by atoms with E-state index in [1.54, 1.807) is 0 Å². The summed E-state index contributed by atoms with van der Waals surface area (Å²) in [6.45, 7) is 10.7. The van der Waals surface area contributed by atoms with Crippen LogP contribution in [0.3, 0.4) is 0 Å². The first kappa shape index (κ1) is 15.7. The van der Waals surface area contributed by atoms with Gasteiger partial charge in [-0.2, -0.15) is 0 Å². The van der Waals surface area contributed by atoms with E-state index >= 15 is 0 Å². The van der Waals surface area contributed by atoms with Gasteiger partial charge in [-0.25, -0.2) is 0 Å². The summed E-state index contributed by atoms with van der Waals surface area (Å²) in [7, 11) is 0. The van der Waals surface area contributed by atoms with Crippen molar-refractivity contribution in [1.82, 2.24) is 0 Å². The van der Waals surface area contributed by atoms with E-state index in [0.717, 1.165) is 19.1 Å². The van der Waals surface area contributed by atoms with Crippen molar-refractivity contribution in [3.63, 3.8) is 0 Å². The second-order valence-electron chi connectivity index (χ2n) is 6.18. The molecule has 1 rings (SSSR count). The maximum Gasteiger partial charge on any atom is 0.122 e. The van der Waals surface area contributed by atoms with Crippen molar-refractivity contribution in [2.75, 3.05) is 0 Å². The van der Waals surface area contributed by atoms with Crippen LogP contribution >= 0.6 is 0 Å². The fourth-order valence-electron chi connectivity index (χ4n) is 2.74. The van der Waals surface area contributed by atoms with E-state index in [1.807, 2.05) is 6.92 Å². The number of hydrogen-bond donors (Lipinski definition) is 0. The maximum absolute atomic E-state index is 11.0. The molecule has 1 aromatic rings. The van der Waals surface area contributed by atoms with Crippen LogP contribution in [-0.2, 0) is 10.2 Å². The monoisotopic (exact) mass is 258 g/mol. The topological polar surface area (TPSA) is 17.1 Å². The first-order valence-electron chi connectivity index (χ1n) is 7.04. The molecule has 0 fully saturated rings. The largest absolute Gasteiger partial charge is 0.303 e. The molecule has 2 atom stereocenters. The SMILES string of the molecule is CC(C)=CCC(C)(CC(C)C=O)c1ccccc1C. The molecule has 0 saturated heterocycles. The van der Waals surface area contributed by atoms with E-state index in [2.05, 4.69) is 58.0 Å². The molecule has 1 heteroatoms. The summed E-state index contributed by atoms with van der Waals surface area (Å²) in [5.74, 6) is 0.0927. The minimum absolute atomic E-state index is 0.0307. The number of rotatable bonds is 6. The Morgan fingerprint density at radius 1 is 1.32 bits per heavy atom. The molecule has 0 aromatic heterocycles. The highest BCUT2D eigenvalue weighted by atomic mass is 16.1. The molecule has 0 aliphatic heterocycles. The molecule has 19 heavy (non-hydrogen) atoms. The van der Waals surface area contributed by atoms with Crippen LogP contribution in [0.2, 0.25) is 0 Å². The Balaban J connectivity index is 3.14. The molecule has 0 heterocycles. The van der Waals surface area contributed by atoms with Gasteiger partial charge in [0.05, 0.1) is 0 Å². The van der Waals surface area contributed by atoms with Crippen LogP contribution in [0.25, 0.3) is 0 Å². The van der Waals surface area contributed by atoms with Gasteiger partial charge in [0, 0.05) is 5.92 Å². The zero-order valence-electron chi connectivity index (χ0n) is 12.9. The minimum Gasteiger partial charge on any atom is -0.303 e. The lowest BCUT2D eigenvalue weighted by atomic mass is 9.72. The predicted molar refractivity (Wildman–Crippen MR) is 82.4 cm³/mol. The third-order valence-electron chi connectivity index (χ3n) is 3.76. The van der Waals surface area contributed by atoms with Crippen LogP contribution in [0.5, 0.6) is 0 Å². The van der Waals surface area contributed by atoms with Gasteiger partial charge in [0.1, 0.15) is 6.29 Å². The van der Waals surface area contributed by atoms with Gasteiger partial charge in [0.25, 0.3) is 0 Å². The second-order valence-corrected chi connectivity index (χ2v) is 6.18. The third kappa shape index (κ3) is 4.34. The Bertz CT molecular complexity index is 455. The molecule has 0 saturated carbocycles. The van der Waals surface area contributed by atoms with Crippen molar-refractivity contribution >= 4 is 6.29 Å². The van der Waals surface area contributed by atoms with Crippen LogP contribution in [0, 0.1) is 12.8 Å². The molecule has 104 valence electrons. The van der Waals surface area contributed by atoms with Gasteiger partial charge in [-0.3, -0.25) is 0 Å². The van der Waals surface area contributed by atoms with E-state index in [-0.39, 0.29) is 11.3 Å². The van der Waals surface area contributed by atoms with Crippen molar-refractivity contribution in [3.05, 3.63) is 47.0 Å². The minimum atomic E-state index is 0.0307. The van der Waals surface area contributed by atoms with E-state index in [4.69, 9.17) is 0 Å². The van der Waals surface area contributed by atoms with Gasteiger partial charge in [0.15, 0.2) is 0 Å². The first-order valence-corrected chi connectivity index (χ1v) is 7.04. The fraction of sp³-hybridized carbons (Fsp3) is 0.500. The first-order chi connectivity index (χ1) is 8.89. The standard InChI is InChI=1S/C18H26O/c1-14(2)10-11-18(5,12-15(3)13-19)17-9-7-6-8-16(17)4/h6-10,13,15H,11-12H2,1-5H3. The molecule has 0 amide bonds. The summed E-state index contributed by atoms with van der Waals surface area (Å²) in [6, 6.07) is 8.52. The van der Waals surface area contributed by atoms with Crippen molar-refractivity contribution in [3.8, 4) is 0 Å². The molecule has 2 unspecified atom stereocenters. The van der Waals surface area contributed by atoms with E-state index in [0.29, 0.717) is 0 Å². The number of carbonyl (C=O) groups is 1. The molecule has 1 nitrogen and oxygen atoms in total. The zero-order chi connectivity index (χ0) is 14.5. The summed E-state index contributed by atoms with van der Waals surface area (Å²) in [5.41, 5.74) is 4.04. The molecule has 0 N–H and O–H groups in total. The third-order valence-corrected chi connectivity index (χ3v) is 3.76. The zero-order valence-corrected chi connectivity index (χ0v) is 12.9. The number of aryl methyl sites for hydroxylation is 1. The second kappa shape index (κ2) is 6.70. The van der Waals surface area contributed by atoms with Crippen LogP contribution < -0.4 is 0 Å². The quantitative estimate of drug-likeness (QED) is 0.527. The Hall–Kier alpha value is -1.37. The van der Waals surface area contributed by atoms with Crippen molar-refractivity contribution in [2.24, 2.45) is 5.92 Å². The van der Waals surface area contributed by atoms with Gasteiger partial charge in [-0.1, -0.05) is 49.8 Å². The number of carbonyl (C=O) groups excluding carboxylic acids is 1. The smallest absolute Gasteiger partial charge is 0.122 e. The Morgan fingerprint density at radius 2 is 1.95 bits per heavy atom. The highest BCUT2D eigenvalue weighted by Crippen LogP contribution is 2.36. The Labute approximate surface area is 117 Å². The summed E-state index contributed by atoms with van der Waals surface area (Å²) in [4.78, 5) is 11.0. The van der Waals surface area contributed by atoms with E-state index < -0.39 is 0 Å². The molecule has 1 aromatic carbocycles. The molecule has 0 radical (unpaired) electrons. The number of aldehydes is 1. The van der Waals surface area contributed by atoms with Crippen LogP contribution in [-0.4, -0.2) is 6.29 Å². The summed E-state index contributed by atoms with van der Waals surface area (Å²) in [6.07, 6.45) is 5.23. The molecule has 0 spiro atoms. The van der Waals surface area contributed by atoms with Crippen molar-refractivity contribution in [2.45, 2.75) is 52.9 Å². The van der Waals surface area contributed by atoms with Crippen LogP contribution in [0.15, 0.2) is 35.9 Å². The average molecular weight is 258 g/mol. The highest BCUT2D eigenvalue weighted by Gasteiger charge is 2.28. The molecule has 0 bridgehead atoms.